The third-order valence-corrected chi connectivity index (χ3v) is 19.0. The van der Waals surface area contributed by atoms with E-state index >= 15 is 8.78 Å². The van der Waals surface area contributed by atoms with Crippen molar-refractivity contribution < 1.29 is 32.5 Å². The minimum Gasteiger partial charge on any atom is -0.468 e. The monoisotopic (exact) mass is 803 g/mol. The van der Waals surface area contributed by atoms with Crippen molar-refractivity contribution in [3.8, 4) is 34.5 Å². The molecule has 3 saturated heterocycles. The fourth-order valence-electron chi connectivity index (χ4n) is 10.1. The highest BCUT2D eigenvalue weighted by atomic mass is 28.3. The maximum Gasteiger partial charge on any atom is 0.319 e. The van der Waals surface area contributed by atoms with Gasteiger partial charge in [0.25, 0.3) is 0 Å². The Kier molecular flexibility index (Phi) is 11.6. The number of rotatable bonds is 11. The predicted octanol–water partition coefficient (Wildman–Crippen LogP) is 8.98. The van der Waals surface area contributed by atoms with E-state index in [0.717, 1.165) is 19.4 Å². The lowest BCUT2D eigenvalue weighted by Crippen LogP contribution is -2.46. The smallest absolute Gasteiger partial charge is 0.319 e. The zero-order chi connectivity index (χ0) is 40.9. The maximum absolute atomic E-state index is 17.6. The number of ether oxygens (including phenoxy) is 3. The maximum atomic E-state index is 17.6. The second-order valence-corrected chi connectivity index (χ2v) is 23.2. The molecule has 0 saturated carbocycles. The van der Waals surface area contributed by atoms with E-state index in [9.17, 15) is 9.50 Å². The van der Waals surface area contributed by atoms with Gasteiger partial charge < -0.3 is 24.2 Å². The minimum atomic E-state index is -2.30. The molecule has 2 aromatic heterocycles. The Bertz CT molecular complexity index is 2190. The van der Waals surface area contributed by atoms with Crippen LogP contribution < -0.4 is 14.4 Å². The summed E-state index contributed by atoms with van der Waals surface area (Å²) in [4.78, 5) is 18.2. The van der Waals surface area contributed by atoms with Crippen LogP contribution in [0.25, 0.3) is 32.9 Å². The number of β-amino-alcohol motifs (C(OH)–C–C–N with tert-alkyl or cyclic N) is 1. The van der Waals surface area contributed by atoms with Crippen LogP contribution in [0.15, 0.2) is 30.5 Å². The van der Waals surface area contributed by atoms with Crippen molar-refractivity contribution >= 4 is 35.6 Å². The first-order valence-corrected chi connectivity index (χ1v) is 22.6. The van der Waals surface area contributed by atoms with Crippen LogP contribution in [0, 0.1) is 23.1 Å². The molecule has 7 rings (SSSR count). The van der Waals surface area contributed by atoms with Gasteiger partial charge in [-0.15, -0.1) is 5.54 Å². The Hall–Kier alpha value is -3.96. The summed E-state index contributed by atoms with van der Waals surface area (Å²) in [6.07, 6.45) is 3.99. The molecule has 3 atom stereocenters. The van der Waals surface area contributed by atoms with Gasteiger partial charge in [-0.05, 0) is 79.4 Å². The predicted molar refractivity (Wildman–Crippen MR) is 221 cm³/mol. The topological polar surface area (TPSA) is 93.1 Å². The highest BCUT2D eigenvalue weighted by molar-refractivity contribution is 6.90. The van der Waals surface area contributed by atoms with Gasteiger partial charge in [-0.2, -0.15) is 9.97 Å². The van der Waals surface area contributed by atoms with Crippen molar-refractivity contribution in [1.82, 2.24) is 19.9 Å². The molecule has 0 unspecified atom stereocenters. The van der Waals surface area contributed by atoms with Gasteiger partial charge in [0.1, 0.15) is 49.4 Å². The largest absolute Gasteiger partial charge is 0.468 e. The molecule has 4 aromatic rings. The summed E-state index contributed by atoms with van der Waals surface area (Å²) in [6.45, 7) is 17.1. The number of fused-ring (bicyclic) bond motifs is 3. The van der Waals surface area contributed by atoms with Crippen LogP contribution in [0.1, 0.15) is 86.1 Å². The number of hydrogen-bond acceptors (Lipinski definition) is 9. The van der Waals surface area contributed by atoms with Crippen LogP contribution in [0.2, 0.25) is 16.6 Å². The number of piperidine rings is 1. The summed E-state index contributed by atoms with van der Waals surface area (Å²) in [6, 6.07) is 6.40. The van der Waals surface area contributed by atoms with Crippen molar-refractivity contribution in [1.29, 1.82) is 0 Å². The van der Waals surface area contributed by atoms with Crippen molar-refractivity contribution in [2.45, 2.75) is 115 Å². The zero-order valence-corrected chi connectivity index (χ0v) is 35.5. The molecule has 57 heavy (non-hydrogen) atoms. The highest BCUT2D eigenvalue weighted by Gasteiger charge is 2.49. The molecular weight excluding hydrogens is 748 g/mol. The van der Waals surface area contributed by atoms with E-state index in [-0.39, 0.29) is 48.3 Å². The normalized spacial score (nSPS) is 22.9. The molecule has 0 bridgehead atoms. The summed E-state index contributed by atoms with van der Waals surface area (Å²) in [5.41, 5.74) is 3.49. The van der Waals surface area contributed by atoms with Crippen LogP contribution in [-0.4, -0.2) is 97.0 Å². The van der Waals surface area contributed by atoms with Crippen molar-refractivity contribution in [3.05, 3.63) is 47.7 Å². The number of hydrogen-bond donors (Lipinski definition) is 1. The van der Waals surface area contributed by atoms with Gasteiger partial charge in [-0.25, -0.2) is 13.2 Å². The van der Waals surface area contributed by atoms with E-state index in [0.29, 0.717) is 76.7 Å². The second-order valence-electron chi connectivity index (χ2n) is 17.6. The molecule has 13 heteroatoms. The average Bonchev–Trinajstić information content (AvgIpc) is 3.68. The standard InChI is InChI=1S/C44H56F3N5O4Si/c1-27(2)57(28(3)4,29(5)6)18-13-33-36(46)12-11-30-19-32(56-26-54-8)20-34(37(30)33)39-38(47)40-35(22-48-39)41(51-16-9-14-43(7,53)24-51)50-42(49-40)55-25-44-15-10-17-52(44)23-31(45)21-44/h11-12,19-20,22,27-29,31,53H,9-10,14-17,21,23-26H2,1-8H3/t31-,43+,44+/m1/s1. The molecule has 0 amide bonds. The Morgan fingerprint density at radius 1 is 1.00 bits per heavy atom. The summed E-state index contributed by atoms with van der Waals surface area (Å²) < 4.78 is 65.8. The number of benzene rings is 2. The van der Waals surface area contributed by atoms with Gasteiger partial charge in [0.15, 0.2) is 12.6 Å². The Labute approximate surface area is 335 Å². The van der Waals surface area contributed by atoms with Crippen LogP contribution in [0.4, 0.5) is 19.0 Å². The molecule has 0 spiro atoms. The third-order valence-electron chi connectivity index (χ3n) is 12.8. The fourth-order valence-corrected chi connectivity index (χ4v) is 15.3. The lowest BCUT2D eigenvalue weighted by atomic mass is 9.94. The Balaban J connectivity index is 1.43. The number of aliphatic hydroxyl groups is 1. The number of nitrogens with zero attached hydrogens (tertiary/aromatic N) is 5. The van der Waals surface area contributed by atoms with E-state index in [1.807, 2.05) is 4.90 Å². The summed E-state index contributed by atoms with van der Waals surface area (Å²) >= 11 is 0. The first-order chi connectivity index (χ1) is 27.1. The molecule has 3 aliphatic rings. The second kappa shape index (κ2) is 16.0. The summed E-state index contributed by atoms with van der Waals surface area (Å²) in [5, 5.41) is 12.4. The number of methoxy groups -OCH3 is 1. The molecular formula is C44H56F3N5O4Si. The van der Waals surface area contributed by atoms with E-state index < -0.39 is 37.0 Å². The van der Waals surface area contributed by atoms with Gasteiger partial charge in [0.05, 0.1) is 22.1 Å². The first kappa shape index (κ1) is 41.2. The van der Waals surface area contributed by atoms with Gasteiger partial charge >= 0.3 is 6.01 Å². The Morgan fingerprint density at radius 2 is 1.74 bits per heavy atom. The number of aromatic nitrogens is 3. The lowest BCUT2D eigenvalue weighted by molar-refractivity contribution is 0.0447. The molecule has 3 fully saturated rings. The van der Waals surface area contributed by atoms with Crippen molar-refractivity contribution in [2.75, 3.05) is 51.6 Å². The number of anilines is 1. The molecule has 1 N–H and O–H groups in total. The molecule has 2 aromatic carbocycles. The van der Waals surface area contributed by atoms with E-state index in [1.165, 1.54) is 19.4 Å². The first-order valence-electron chi connectivity index (χ1n) is 20.4. The summed E-state index contributed by atoms with van der Waals surface area (Å²) in [7, 11) is -0.790. The summed E-state index contributed by atoms with van der Waals surface area (Å²) in [5.74, 6) is 2.83. The number of halogens is 3. The van der Waals surface area contributed by atoms with Crippen LogP contribution in [-0.2, 0) is 4.74 Å². The van der Waals surface area contributed by atoms with Crippen molar-refractivity contribution in [2.24, 2.45) is 0 Å². The van der Waals surface area contributed by atoms with Gasteiger partial charge in [-0.1, -0.05) is 53.5 Å². The molecule has 9 nitrogen and oxygen atoms in total. The SMILES string of the molecule is COCOc1cc(-c2ncc3c(N4CCC[C@](C)(O)C4)nc(OC[C@@]45CCCN4C[C@H](F)C5)nc3c2F)c2c(C#C[Si](C(C)C)(C(C)C)C(C)C)c(F)ccc2c1. The number of pyridine rings is 1. The Morgan fingerprint density at radius 3 is 2.44 bits per heavy atom. The lowest BCUT2D eigenvalue weighted by Gasteiger charge is -2.38. The quantitative estimate of drug-likeness (QED) is 0.0907. The van der Waals surface area contributed by atoms with Crippen LogP contribution >= 0.6 is 0 Å². The van der Waals surface area contributed by atoms with Crippen LogP contribution in [0.5, 0.6) is 11.8 Å². The van der Waals surface area contributed by atoms with Crippen molar-refractivity contribution in [3.63, 3.8) is 0 Å². The molecule has 0 aliphatic carbocycles. The van der Waals surface area contributed by atoms with Gasteiger partial charge in [-0.3, -0.25) is 9.88 Å². The zero-order valence-electron chi connectivity index (χ0n) is 34.5. The average molecular weight is 804 g/mol. The third kappa shape index (κ3) is 7.70. The van der Waals surface area contributed by atoms with E-state index in [2.05, 4.69) is 62.9 Å². The van der Waals surface area contributed by atoms with E-state index in [1.54, 1.807) is 25.1 Å². The van der Waals surface area contributed by atoms with E-state index in [4.69, 9.17) is 24.2 Å². The highest BCUT2D eigenvalue weighted by Crippen LogP contribution is 2.44. The van der Waals surface area contributed by atoms with Gasteiger partial charge in [0, 0.05) is 50.3 Å². The molecule has 0 radical (unpaired) electrons. The van der Waals surface area contributed by atoms with Crippen LogP contribution in [0.3, 0.4) is 0 Å². The van der Waals surface area contributed by atoms with Gasteiger partial charge in [0.2, 0.25) is 0 Å². The number of alkyl halides is 1. The fraction of sp³-hybridized carbons (Fsp3) is 0.568. The molecule has 3 aliphatic heterocycles. The molecule has 5 heterocycles. The minimum absolute atomic E-state index is 0.0352. The molecule has 306 valence electrons.